The first kappa shape index (κ1) is 47.0. The number of nitrogens with zero attached hydrogens (tertiary/aromatic N) is 6. The van der Waals surface area contributed by atoms with E-state index in [4.69, 9.17) is 43.4 Å². The summed E-state index contributed by atoms with van der Waals surface area (Å²) in [5.41, 5.74) is 6.54. The van der Waals surface area contributed by atoms with E-state index in [1.54, 1.807) is 20.5 Å². The number of benzene rings is 3. The molecule has 0 radical (unpaired) electrons. The van der Waals surface area contributed by atoms with E-state index in [2.05, 4.69) is 89.4 Å². The predicted molar refractivity (Wildman–Crippen MR) is 244 cm³/mol. The molecule has 6 rings (SSSR count). The summed E-state index contributed by atoms with van der Waals surface area (Å²) in [5.74, 6) is 1.48. The third kappa shape index (κ3) is 8.47. The number of nitrogen functional groups attached to an aromatic ring is 1. The number of anilines is 1. The van der Waals surface area contributed by atoms with Gasteiger partial charge in [-0.3, -0.25) is 4.57 Å². The monoisotopic (exact) mass is 883 g/mol. The summed E-state index contributed by atoms with van der Waals surface area (Å²) in [4.78, 5) is 14.1. The number of fused-ring (bicyclic) bond motifs is 1. The number of aliphatic hydroxyl groups is 1. The van der Waals surface area contributed by atoms with Crippen LogP contribution in [0.2, 0.25) is 18.1 Å². The van der Waals surface area contributed by atoms with Crippen molar-refractivity contribution in [1.29, 1.82) is 5.26 Å². The SMILES string of the molecule is COc1ccc(C(c2ccccc2)(c2ccc(OC)cc2)[C@@]2(n3cnc4c(N)ncnc43)O[C@H](CO)[C@@H](O[Si](C)(C)C(C)(C)C)[C@H]2OP(OCCC#N)N(C(C)C)C(C)C)cc1. The van der Waals surface area contributed by atoms with Crippen LogP contribution in [0.15, 0.2) is 91.5 Å². The van der Waals surface area contributed by atoms with Crippen molar-refractivity contribution in [2.24, 2.45) is 0 Å². The fraction of sp³-hybridized carbons (Fsp3) is 0.478. The number of hydrogen-bond acceptors (Lipinski definition) is 13. The molecule has 16 heteroatoms. The van der Waals surface area contributed by atoms with Gasteiger partial charge in [0.1, 0.15) is 41.7 Å². The molecular weight excluding hydrogens is 822 g/mol. The molecule has 5 aromatic rings. The second-order valence-electron chi connectivity index (χ2n) is 17.6. The number of methoxy groups -OCH3 is 2. The van der Waals surface area contributed by atoms with Gasteiger partial charge in [-0.25, -0.2) is 19.6 Å². The van der Waals surface area contributed by atoms with Crippen LogP contribution in [0.25, 0.3) is 11.2 Å². The summed E-state index contributed by atoms with van der Waals surface area (Å²) < 4.78 is 45.4. The van der Waals surface area contributed by atoms with Crippen LogP contribution in [0.3, 0.4) is 0 Å². The summed E-state index contributed by atoms with van der Waals surface area (Å²) in [6.45, 7) is 19.0. The van der Waals surface area contributed by atoms with E-state index >= 15 is 0 Å². The molecule has 1 aliphatic rings. The number of nitrogens with two attached hydrogens (primary N) is 1. The predicted octanol–water partition coefficient (Wildman–Crippen LogP) is 8.56. The van der Waals surface area contributed by atoms with Gasteiger partial charge in [0, 0.05) is 12.1 Å². The molecule has 3 N–H and O–H groups in total. The largest absolute Gasteiger partial charge is 0.497 e. The van der Waals surface area contributed by atoms with Crippen LogP contribution in [0.4, 0.5) is 5.82 Å². The van der Waals surface area contributed by atoms with Crippen LogP contribution in [0.5, 0.6) is 11.5 Å². The van der Waals surface area contributed by atoms with Gasteiger partial charge < -0.3 is 38.5 Å². The van der Waals surface area contributed by atoms with Crippen molar-refractivity contribution in [3.8, 4) is 17.6 Å². The van der Waals surface area contributed by atoms with Crippen molar-refractivity contribution in [3.63, 3.8) is 0 Å². The van der Waals surface area contributed by atoms with Crippen molar-refractivity contribution in [1.82, 2.24) is 24.2 Å². The minimum atomic E-state index is -2.72. The first-order valence-corrected chi connectivity index (χ1v) is 25.1. The molecule has 1 aliphatic heterocycles. The van der Waals surface area contributed by atoms with Crippen LogP contribution in [-0.2, 0) is 29.4 Å². The Labute approximate surface area is 368 Å². The number of aromatic nitrogens is 4. The van der Waals surface area contributed by atoms with Crippen LogP contribution in [0, 0.1) is 11.3 Å². The van der Waals surface area contributed by atoms with Gasteiger partial charge in [-0.1, -0.05) is 75.4 Å². The molecular formula is C46H62N7O7PSi. The lowest BCUT2D eigenvalue weighted by Crippen LogP contribution is -2.62. The van der Waals surface area contributed by atoms with E-state index in [0.717, 1.165) is 16.7 Å². The second kappa shape index (κ2) is 19.1. The van der Waals surface area contributed by atoms with Gasteiger partial charge in [0.15, 0.2) is 25.5 Å². The summed E-state index contributed by atoms with van der Waals surface area (Å²) in [7, 11) is -1.43. The van der Waals surface area contributed by atoms with Crippen molar-refractivity contribution < 1.29 is 32.8 Å². The van der Waals surface area contributed by atoms with Crippen LogP contribution in [0.1, 0.15) is 71.6 Å². The molecule has 5 atom stereocenters. The van der Waals surface area contributed by atoms with E-state index in [1.807, 2.05) is 71.3 Å². The highest BCUT2D eigenvalue weighted by molar-refractivity contribution is 7.44. The molecule has 0 bridgehead atoms. The maximum absolute atomic E-state index is 11.7. The average molecular weight is 884 g/mol. The standard InChI is InChI=1S/C46H62N7O7PSi/c1-31(2)53(32(3)4)61(57-27-15-26-47)59-41-40(60-62(10,11)44(5,6)7)38(28-54)58-46(41,52-30-51-39-42(48)49-29-50-43(39)52)45(33-16-13-12-14-17-33,34-18-22-36(55-8)23-19-34)35-20-24-37(56-9)25-21-35/h12-14,16-25,29-32,38,40-41,54H,15,27-28H2,1-11H3,(H2,48,49,50)/t38-,40-,41-,46+,61?/m1/s1. The highest BCUT2D eigenvalue weighted by Crippen LogP contribution is 2.63. The number of hydrogen-bond donors (Lipinski definition) is 2. The zero-order chi connectivity index (χ0) is 45.0. The quantitative estimate of drug-likeness (QED) is 0.0372. The van der Waals surface area contributed by atoms with Gasteiger partial charge in [0.05, 0.1) is 51.7 Å². The molecule has 0 saturated carbocycles. The van der Waals surface area contributed by atoms with Gasteiger partial charge in [-0.05, 0) is 86.8 Å². The normalized spacial score (nSPS) is 20.3. The molecule has 1 unspecified atom stereocenters. The van der Waals surface area contributed by atoms with E-state index in [0.29, 0.717) is 22.7 Å². The average Bonchev–Trinajstić information content (AvgIpc) is 3.82. The molecule has 0 spiro atoms. The first-order valence-electron chi connectivity index (χ1n) is 21.0. The minimum absolute atomic E-state index is 0.0445. The lowest BCUT2D eigenvalue weighted by atomic mass is 9.60. The first-order chi connectivity index (χ1) is 29.5. The van der Waals surface area contributed by atoms with E-state index in [-0.39, 0.29) is 36.0 Å². The van der Waals surface area contributed by atoms with E-state index < -0.39 is 52.9 Å². The Morgan fingerprint density at radius 2 is 1.47 bits per heavy atom. The molecule has 14 nitrogen and oxygen atoms in total. The lowest BCUT2D eigenvalue weighted by Gasteiger charge is -2.53. The summed E-state index contributed by atoms with van der Waals surface area (Å²) in [6.07, 6.45) is 0.261. The fourth-order valence-corrected chi connectivity index (χ4v) is 11.4. The number of nitriles is 1. The summed E-state index contributed by atoms with van der Waals surface area (Å²) in [6, 6.07) is 28.0. The Bertz CT molecular complexity index is 2230. The van der Waals surface area contributed by atoms with Crippen LogP contribution in [-0.4, -0.2) is 95.4 Å². The molecule has 1 fully saturated rings. The summed E-state index contributed by atoms with van der Waals surface area (Å²) >= 11 is 0. The van der Waals surface area contributed by atoms with Crippen molar-refractivity contribution in [2.45, 2.75) is 115 Å². The topological polar surface area (TPSA) is 172 Å². The number of ether oxygens (including phenoxy) is 3. The van der Waals surface area contributed by atoms with Crippen molar-refractivity contribution in [2.75, 3.05) is 33.2 Å². The highest BCUT2D eigenvalue weighted by Gasteiger charge is 2.71. The number of aliphatic hydroxyl groups excluding tert-OH is 1. The maximum Gasteiger partial charge on any atom is 0.259 e. The molecule has 0 aliphatic carbocycles. The molecule has 3 heterocycles. The minimum Gasteiger partial charge on any atom is -0.497 e. The Balaban J connectivity index is 1.87. The van der Waals surface area contributed by atoms with Gasteiger partial charge in [-0.15, -0.1) is 0 Å². The second-order valence-corrected chi connectivity index (χ2v) is 23.7. The van der Waals surface area contributed by atoms with Crippen LogP contribution < -0.4 is 15.2 Å². The smallest absolute Gasteiger partial charge is 0.259 e. The maximum atomic E-state index is 11.7. The Morgan fingerprint density at radius 1 is 0.903 bits per heavy atom. The van der Waals surface area contributed by atoms with E-state index in [1.165, 1.54) is 6.33 Å². The highest BCUT2D eigenvalue weighted by atomic mass is 31.2. The molecule has 1 saturated heterocycles. The third-order valence-corrected chi connectivity index (χ3v) is 18.8. The Morgan fingerprint density at radius 3 is 1.97 bits per heavy atom. The van der Waals surface area contributed by atoms with E-state index in [9.17, 15) is 10.4 Å². The molecule has 0 amide bonds. The fourth-order valence-electron chi connectivity index (χ4n) is 8.36. The van der Waals surface area contributed by atoms with Gasteiger partial charge in [0.25, 0.3) is 8.53 Å². The molecule has 2 aromatic heterocycles. The van der Waals surface area contributed by atoms with Crippen molar-refractivity contribution >= 4 is 33.8 Å². The number of rotatable bonds is 18. The third-order valence-electron chi connectivity index (χ3n) is 12.2. The van der Waals surface area contributed by atoms with Gasteiger partial charge in [0.2, 0.25) is 0 Å². The van der Waals surface area contributed by atoms with Gasteiger partial charge >= 0.3 is 0 Å². The lowest BCUT2D eigenvalue weighted by molar-refractivity contribution is -0.171. The number of imidazole rings is 1. The van der Waals surface area contributed by atoms with Gasteiger partial charge in [-0.2, -0.15) is 5.26 Å². The Kier molecular flexibility index (Phi) is 14.5. The Hall–Kier alpha value is -4.49. The van der Waals surface area contributed by atoms with Crippen molar-refractivity contribution in [3.05, 3.63) is 108 Å². The van der Waals surface area contributed by atoms with Crippen LogP contribution >= 0.6 is 8.53 Å². The zero-order valence-corrected chi connectivity index (χ0v) is 39.7. The molecule has 332 valence electrons. The molecule has 62 heavy (non-hydrogen) atoms. The molecule has 3 aromatic carbocycles. The summed E-state index contributed by atoms with van der Waals surface area (Å²) in [5, 5.41) is 21.2. The zero-order valence-electron chi connectivity index (χ0n) is 37.8.